The molecule has 0 bridgehead atoms. The molecule has 27 heavy (non-hydrogen) atoms. The van der Waals surface area contributed by atoms with Gasteiger partial charge in [0.2, 0.25) is 0 Å². The molecule has 158 valence electrons. The number of allylic oxidation sites excluding steroid dienone is 2. The molecule has 0 radical (unpaired) electrons. The Bertz CT molecular complexity index is 421. The largest absolute Gasteiger partial charge is 0.393 e. The zero-order chi connectivity index (χ0) is 20.1. The Morgan fingerprint density at radius 1 is 1.00 bits per heavy atom. The summed E-state index contributed by atoms with van der Waals surface area (Å²) in [4.78, 5) is 10.9. The molecule has 1 aliphatic rings. The van der Waals surface area contributed by atoms with Gasteiger partial charge in [-0.25, -0.2) is 0 Å². The number of unbranched alkanes of at least 4 members (excludes halogenated alkanes) is 5. The monoisotopic (exact) mass is 382 g/mol. The maximum Gasteiger partial charge on any atom is 0.129 e. The lowest BCUT2D eigenvalue weighted by Gasteiger charge is -2.23. The minimum atomic E-state index is -0.465. The van der Waals surface area contributed by atoms with Crippen LogP contribution in [0.5, 0.6) is 0 Å². The summed E-state index contributed by atoms with van der Waals surface area (Å²) in [5, 5.41) is 30.8. The summed E-state index contributed by atoms with van der Waals surface area (Å²) in [5.74, 6) is 0.360. The van der Waals surface area contributed by atoms with Crippen molar-refractivity contribution < 1.29 is 20.1 Å². The van der Waals surface area contributed by atoms with Crippen molar-refractivity contribution in [2.75, 3.05) is 0 Å². The number of aliphatic hydroxyl groups is 3. The fraction of sp³-hybridized carbons (Fsp3) is 0.870. The van der Waals surface area contributed by atoms with E-state index in [0.717, 1.165) is 38.5 Å². The first-order valence-electron chi connectivity index (χ1n) is 11.1. The third kappa shape index (κ3) is 10.4. The fourth-order valence-electron chi connectivity index (χ4n) is 4.26. The van der Waals surface area contributed by atoms with Crippen molar-refractivity contribution in [2.24, 2.45) is 11.8 Å². The van der Waals surface area contributed by atoms with Crippen molar-refractivity contribution in [3.05, 3.63) is 12.2 Å². The van der Waals surface area contributed by atoms with Gasteiger partial charge in [-0.05, 0) is 63.7 Å². The predicted molar refractivity (Wildman–Crippen MR) is 111 cm³/mol. The summed E-state index contributed by atoms with van der Waals surface area (Å²) in [7, 11) is 0. The van der Waals surface area contributed by atoms with Crippen LogP contribution in [0, 0.1) is 11.8 Å². The van der Waals surface area contributed by atoms with Gasteiger partial charge < -0.3 is 20.1 Å². The van der Waals surface area contributed by atoms with E-state index in [1.165, 1.54) is 25.7 Å². The Labute approximate surface area is 166 Å². The molecule has 0 spiro atoms. The van der Waals surface area contributed by atoms with E-state index >= 15 is 0 Å². The van der Waals surface area contributed by atoms with Gasteiger partial charge in [0.1, 0.15) is 5.78 Å². The first kappa shape index (κ1) is 24.3. The minimum Gasteiger partial charge on any atom is -0.393 e. The number of hydrogen-bond acceptors (Lipinski definition) is 4. The normalized spacial score (nSPS) is 26.7. The highest BCUT2D eigenvalue weighted by Gasteiger charge is 2.40. The van der Waals surface area contributed by atoms with Gasteiger partial charge >= 0.3 is 0 Å². The van der Waals surface area contributed by atoms with E-state index in [2.05, 4.69) is 19.1 Å². The van der Waals surface area contributed by atoms with Crippen LogP contribution < -0.4 is 0 Å². The molecule has 0 aromatic heterocycles. The average Bonchev–Trinajstić information content (AvgIpc) is 2.88. The lowest BCUT2D eigenvalue weighted by Crippen LogP contribution is -2.23. The summed E-state index contributed by atoms with van der Waals surface area (Å²) in [5.41, 5.74) is 0. The number of rotatable bonds is 15. The molecule has 0 amide bonds. The van der Waals surface area contributed by atoms with Gasteiger partial charge in [-0.15, -0.1) is 0 Å². The van der Waals surface area contributed by atoms with Gasteiger partial charge in [-0.3, -0.25) is 0 Å². The molecule has 0 aromatic carbocycles. The minimum absolute atomic E-state index is 0.0663. The fourth-order valence-corrected chi connectivity index (χ4v) is 4.26. The van der Waals surface area contributed by atoms with Crippen LogP contribution >= 0.6 is 0 Å². The number of hydrogen-bond donors (Lipinski definition) is 3. The van der Waals surface area contributed by atoms with Crippen molar-refractivity contribution in [1.82, 2.24) is 0 Å². The van der Waals surface area contributed by atoms with Crippen molar-refractivity contribution in [3.8, 4) is 0 Å². The quantitative estimate of drug-likeness (QED) is 0.287. The summed E-state index contributed by atoms with van der Waals surface area (Å²) in [6.07, 6.45) is 14.9. The van der Waals surface area contributed by atoms with Gasteiger partial charge in [0, 0.05) is 6.42 Å². The second-order valence-corrected chi connectivity index (χ2v) is 8.43. The van der Waals surface area contributed by atoms with Crippen LogP contribution in [0.2, 0.25) is 0 Å². The van der Waals surface area contributed by atoms with Gasteiger partial charge in [0.05, 0.1) is 18.3 Å². The van der Waals surface area contributed by atoms with Gasteiger partial charge in [-0.1, -0.05) is 51.2 Å². The molecule has 1 rings (SSSR count). The summed E-state index contributed by atoms with van der Waals surface area (Å²) in [6, 6.07) is 0. The molecule has 4 nitrogen and oxygen atoms in total. The number of ketones is 1. The molecular weight excluding hydrogens is 340 g/mol. The van der Waals surface area contributed by atoms with Crippen molar-refractivity contribution in [1.29, 1.82) is 0 Å². The standard InChI is InChI=1S/C23H42O4/c1-3-4-5-6-10-13-19(25)15-16-21-20(22(26)17-23(21)27)14-11-8-7-9-12-18(2)24/h8,11,19-23,25-27H,3-7,9-10,12-17H2,1-2H3/b11-8-/t19-,20+,21+,22-,23+/m0/s1. The van der Waals surface area contributed by atoms with E-state index in [-0.39, 0.29) is 23.7 Å². The molecule has 3 N–H and O–H groups in total. The van der Waals surface area contributed by atoms with Crippen LogP contribution in [-0.2, 0) is 4.79 Å². The van der Waals surface area contributed by atoms with Gasteiger partial charge in [-0.2, -0.15) is 0 Å². The van der Waals surface area contributed by atoms with E-state index in [1.54, 1.807) is 6.92 Å². The van der Waals surface area contributed by atoms with Gasteiger partial charge in [0.25, 0.3) is 0 Å². The number of aliphatic hydroxyl groups excluding tert-OH is 3. The SMILES string of the molecule is CCCCCCC[C@H](O)CC[C@@H]1[C@@H](C/C=C\CCCC(C)=O)[C@@H](O)C[C@H]1O. The molecule has 0 unspecified atom stereocenters. The molecule has 0 aromatic rings. The van der Waals surface area contributed by atoms with Crippen molar-refractivity contribution in [3.63, 3.8) is 0 Å². The van der Waals surface area contributed by atoms with Crippen LogP contribution in [-0.4, -0.2) is 39.4 Å². The molecule has 4 heteroatoms. The third-order valence-corrected chi connectivity index (χ3v) is 5.97. The van der Waals surface area contributed by atoms with Crippen molar-refractivity contribution in [2.45, 2.75) is 116 Å². The Hall–Kier alpha value is -0.710. The lowest BCUT2D eigenvalue weighted by molar-refractivity contribution is -0.117. The molecule has 0 aliphatic heterocycles. The van der Waals surface area contributed by atoms with E-state index < -0.39 is 12.2 Å². The maximum absolute atomic E-state index is 10.9. The van der Waals surface area contributed by atoms with E-state index in [0.29, 0.717) is 19.3 Å². The van der Waals surface area contributed by atoms with Crippen molar-refractivity contribution >= 4 is 5.78 Å². The molecule has 1 fully saturated rings. The smallest absolute Gasteiger partial charge is 0.129 e. The summed E-state index contributed by atoms with van der Waals surface area (Å²) >= 11 is 0. The third-order valence-electron chi connectivity index (χ3n) is 5.97. The molecule has 5 atom stereocenters. The molecule has 1 saturated carbocycles. The van der Waals surface area contributed by atoms with Crippen LogP contribution in [0.1, 0.15) is 97.3 Å². The zero-order valence-electron chi connectivity index (χ0n) is 17.5. The number of Topliss-reactive ketones (excluding diaryl/α,β-unsaturated/α-hetero) is 1. The molecular formula is C23H42O4. The first-order valence-corrected chi connectivity index (χ1v) is 11.1. The van der Waals surface area contributed by atoms with Gasteiger partial charge in [0.15, 0.2) is 0 Å². The first-order chi connectivity index (χ1) is 13.0. The maximum atomic E-state index is 10.9. The highest BCUT2D eigenvalue weighted by atomic mass is 16.3. The predicted octanol–water partition coefficient (Wildman–Crippen LogP) is 4.55. The van der Waals surface area contributed by atoms with Crippen LogP contribution in [0.4, 0.5) is 0 Å². The molecule has 0 heterocycles. The second-order valence-electron chi connectivity index (χ2n) is 8.43. The topological polar surface area (TPSA) is 77.8 Å². The Kier molecular flexibility index (Phi) is 12.9. The number of carbonyl (C=O) groups excluding carboxylic acids is 1. The highest BCUT2D eigenvalue weighted by molar-refractivity contribution is 5.75. The lowest BCUT2D eigenvalue weighted by atomic mass is 9.85. The Balaban J connectivity index is 2.31. The zero-order valence-corrected chi connectivity index (χ0v) is 17.5. The highest BCUT2D eigenvalue weighted by Crippen LogP contribution is 2.38. The number of carbonyl (C=O) groups is 1. The molecule has 0 saturated heterocycles. The Morgan fingerprint density at radius 2 is 1.70 bits per heavy atom. The summed E-state index contributed by atoms with van der Waals surface area (Å²) < 4.78 is 0. The van der Waals surface area contributed by atoms with E-state index in [1.807, 2.05) is 0 Å². The van der Waals surface area contributed by atoms with Crippen LogP contribution in [0.25, 0.3) is 0 Å². The van der Waals surface area contributed by atoms with E-state index in [9.17, 15) is 20.1 Å². The Morgan fingerprint density at radius 3 is 2.41 bits per heavy atom. The van der Waals surface area contributed by atoms with E-state index in [4.69, 9.17) is 0 Å². The average molecular weight is 383 g/mol. The second kappa shape index (κ2) is 14.3. The molecule has 1 aliphatic carbocycles. The van der Waals surface area contributed by atoms with Crippen LogP contribution in [0.15, 0.2) is 12.2 Å². The summed E-state index contributed by atoms with van der Waals surface area (Å²) in [6.45, 7) is 3.82. The van der Waals surface area contributed by atoms with Crippen LogP contribution in [0.3, 0.4) is 0 Å².